The number of amides is 3. The van der Waals surface area contributed by atoms with Crippen molar-refractivity contribution in [2.45, 2.75) is 51.1 Å². The second-order valence-electron chi connectivity index (χ2n) is 10.5. The molecule has 1 fully saturated rings. The lowest BCUT2D eigenvalue weighted by Crippen LogP contribution is -2.39. The molecule has 0 saturated carbocycles. The highest BCUT2D eigenvalue weighted by atomic mass is 28.3. The predicted octanol–water partition coefficient (Wildman–Crippen LogP) is 5.45. The SMILES string of the molecule is C[Si](C)(C)CCOCn1cc(C(F)(F)F)c2c(Oc3c(F)cc(NC(=O)NC4CNC(=O)C4)cc3F)ccnc21. The van der Waals surface area contributed by atoms with Crippen molar-refractivity contribution in [1.82, 2.24) is 20.2 Å². The first-order chi connectivity index (χ1) is 18.7. The van der Waals surface area contributed by atoms with Crippen LogP contribution < -0.4 is 20.7 Å². The van der Waals surface area contributed by atoms with Crippen LogP contribution in [0.15, 0.2) is 30.6 Å². The van der Waals surface area contributed by atoms with Gasteiger partial charge < -0.3 is 30.0 Å². The molecule has 3 amide bonds. The minimum atomic E-state index is -4.82. The van der Waals surface area contributed by atoms with Gasteiger partial charge in [0.1, 0.15) is 18.1 Å². The van der Waals surface area contributed by atoms with Crippen molar-refractivity contribution in [3.8, 4) is 11.5 Å². The topological polar surface area (TPSA) is 107 Å². The minimum Gasteiger partial charge on any atom is -0.450 e. The van der Waals surface area contributed by atoms with Gasteiger partial charge in [-0.1, -0.05) is 19.6 Å². The number of nitrogens with zero attached hydrogens (tertiary/aromatic N) is 2. The molecular weight excluding hydrogens is 557 g/mol. The molecule has 3 aromatic rings. The Morgan fingerprint density at radius 2 is 1.93 bits per heavy atom. The third-order valence-electron chi connectivity index (χ3n) is 6.03. The van der Waals surface area contributed by atoms with Crippen molar-refractivity contribution in [1.29, 1.82) is 0 Å². The maximum absolute atomic E-state index is 14.9. The number of alkyl halides is 3. The van der Waals surface area contributed by atoms with Crippen LogP contribution in [-0.2, 0) is 22.4 Å². The molecule has 0 bridgehead atoms. The zero-order chi connectivity index (χ0) is 29.2. The van der Waals surface area contributed by atoms with Gasteiger partial charge in [0, 0.05) is 57.9 Å². The number of anilines is 1. The van der Waals surface area contributed by atoms with Gasteiger partial charge in [0.05, 0.1) is 17.0 Å². The lowest BCUT2D eigenvalue weighted by atomic mass is 10.2. The number of carbonyl (C=O) groups excluding carboxylic acids is 2. The molecule has 40 heavy (non-hydrogen) atoms. The number of nitrogens with one attached hydrogen (secondary N) is 3. The lowest BCUT2D eigenvalue weighted by molar-refractivity contribution is -0.136. The quantitative estimate of drug-likeness (QED) is 0.176. The number of ether oxygens (including phenoxy) is 2. The summed E-state index contributed by atoms with van der Waals surface area (Å²) in [6, 6.07) is 2.12. The molecule has 0 spiro atoms. The maximum Gasteiger partial charge on any atom is 0.418 e. The molecule has 0 aliphatic carbocycles. The second-order valence-corrected chi connectivity index (χ2v) is 16.2. The minimum absolute atomic E-state index is 0.0650. The number of aromatic nitrogens is 2. The Bertz CT molecular complexity index is 1400. The third-order valence-corrected chi connectivity index (χ3v) is 7.74. The van der Waals surface area contributed by atoms with E-state index in [1.807, 2.05) is 0 Å². The van der Waals surface area contributed by atoms with Crippen LogP contribution >= 0.6 is 0 Å². The fourth-order valence-electron chi connectivity index (χ4n) is 4.03. The standard InChI is InChI=1S/C25H28F5N5O4Si/c1-40(2,3)7-6-38-13-35-12-16(25(28,29)30)21-19(4-5-31-23(21)35)39-22-17(26)8-14(9-18(22)27)33-24(37)34-15-10-20(36)32-11-15/h4-5,8-9,12,15H,6-7,10-11,13H2,1-3H3,(H,32,36)(H2,33,34,37). The van der Waals surface area contributed by atoms with E-state index in [2.05, 4.69) is 40.6 Å². The van der Waals surface area contributed by atoms with Crippen LogP contribution in [0.2, 0.25) is 25.7 Å². The average molecular weight is 586 g/mol. The number of benzene rings is 1. The zero-order valence-electron chi connectivity index (χ0n) is 21.9. The number of urea groups is 1. The Morgan fingerprint density at radius 1 is 1.23 bits per heavy atom. The van der Waals surface area contributed by atoms with Gasteiger partial charge in [-0.2, -0.15) is 13.2 Å². The fourth-order valence-corrected chi connectivity index (χ4v) is 4.78. The summed E-state index contributed by atoms with van der Waals surface area (Å²) in [5, 5.41) is 6.79. The first-order valence-electron chi connectivity index (χ1n) is 12.3. The van der Waals surface area contributed by atoms with E-state index >= 15 is 0 Å². The summed E-state index contributed by atoms with van der Waals surface area (Å²) in [4.78, 5) is 27.4. The average Bonchev–Trinajstić information content (AvgIpc) is 3.42. The van der Waals surface area contributed by atoms with Crippen LogP contribution in [0.1, 0.15) is 12.0 Å². The number of hydrogen-bond donors (Lipinski definition) is 3. The number of halogens is 5. The largest absolute Gasteiger partial charge is 0.450 e. The van der Waals surface area contributed by atoms with E-state index in [1.165, 1.54) is 4.57 Å². The number of fused-ring (bicyclic) bond motifs is 1. The third kappa shape index (κ3) is 7.07. The van der Waals surface area contributed by atoms with E-state index in [9.17, 15) is 31.5 Å². The predicted molar refractivity (Wildman–Crippen MR) is 139 cm³/mol. The van der Waals surface area contributed by atoms with Crippen LogP contribution in [0.3, 0.4) is 0 Å². The summed E-state index contributed by atoms with van der Waals surface area (Å²) in [5.41, 5.74) is -1.50. The highest BCUT2D eigenvalue weighted by Gasteiger charge is 2.37. The molecule has 4 rings (SSSR count). The molecule has 2 aromatic heterocycles. The lowest BCUT2D eigenvalue weighted by Gasteiger charge is -2.15. The summed E-state index contributed by atoms with van der Waals surface area (Å²) in [5.74, 6) is -4.20. The molecule has 1 atom stereocenters. The van der Waals surface area contributed by atoms with E-state index in [1.54, 1.807) is 0 Å². The Kier molecular flexibility index (Phi) is 8.35. The second kappa shape index (κ2) is 11.4. The molecule has 1 unspecified atom stereocenters. The Hall–Kier alpha value is -3.72. The van der Waals surface area contributed by atoms with Crippen molar-refractivity contribution < 1.29 is 41.0 Å². The van der Waals surface area contributed by atoms with E-state index in [0.29, 0.717) is 6.61 Å². The fraction of sp³-hybridized carbons (Fsp3) is 0.400. The van der Waals surface area contributed by atoms with Gasteiger partial charge in [0.2, 0.25) is 5.91 Å². The van der Waals surface area contributed by atoms with Crippen molar-refractivity contribution >= 4 is 36.7 Å². The normalized spacial score (nSPS) is 15.8. The molecule has 216 valence electrons. The smallest absolute Gasteiger partial charge is 0.418 e. The highest BCUT2D eigenvalue weighted by Crippen LogP contribution is 2.42. The van der Waals surface area contributed by atoms with Crippen molar-refractivity contribution in [3.63, 3.8) is 0 Å². The Balaban J connectivity index is 1.57. The van der Waals surface area contributed by atoms with E-state index in [-0.39, 0.29) is 36.9 Å². The Labute approximate surface area is 227 Å². The van der Waals surface area contributed by atoms with E-state index < -0.39 is 60.4 Å². The summed E-state index contributed by atoms with van der Waals surface area (Å²) in [7, 11) is -1.42. The van der Waals surface area contributed by atoms with Crippen LogP contribution in [0.25, 0.3) is 11.0 Å². The number of pyridine rings is 1. The summed E-state index contributed by atoms with van der Waals surface area (Å²) < 4.78 is 83.7. The molecule has 1 aliphatic rings. The van der Waals surface area contributed by atoms with Crippen molar-refractivity contribution in [2.75, 3.05) is 18.5 Å². The van der Waals surface area contributed by atoms with Crippen LogP contribution in [-0.4, -0.2) is 48.8 Å². The molecule has 9 nitrogen and oxygen atoms in total. The molecule has 3 heterocycles. The van der Waals surface area contributed by atoms with Crippen LogP contribution in [0, 0.1) is 11.6 Å². The van der Waals surface area contributed by atoms with Crippen molar-refractivity contribution in [2.24, 2.45) is 0 Å². The van der Waals surface area contributed by atoms with Crippen molar-refractivity contribution in [3.05, 3.63) is 47.8 Å². The van der Waals surface area contributed by atoms with E-state index in [4.69, 9.17) is 9.47 Å². The molecule has 1 aliphatic heterocycles. The number of rotatable bonds is 9. The first-order valence-corrected chi connectivity index (χ1v) is 16.1. The molecule has 0 radical (unpaired) electrons. The molecule has 3 N–H and O–H groups in total. The summed E-state index contributed by atoms with van der Waals surface area (Å²) in [6.45, 7) is 6.79. The Morgan fingerprint density at radius 3 is 2.52 bits per heavy atom. The van der Waals surface area contributed by atoms with Crippen LogP contribution in [0.5, 0.6) is 11.5 Å². The van der Waals surface area contributed by atoms with Gasteiger partial charge in [0.15, 0.2) is 17.4 Å². The summed E-state index contributed by atoms with van der Waals surface area (Å²) in [6.07, 6.45) is -2.77. The number of hydrogen-bond acceptors (Lipinski definition) is 5. The van der Waals surface area contributed by atoms with Gasteiger partial charge >= 0.3 is 12.2 Å². The first kappa shape index (κ1) is 29.3. The van der Waals surface area contributed by atoms with Gasteiger partial charge in [-0.05, 0) is 12.1 Å². The van der Waals surface area contributed by atoms with Gasteiger partial charge in [-0.3, -0.25) is 4.79 Å². The van der Waals surface area contributed by atoms with Gasteiger partial charge in [0.25, 0.3) is 0 Å². The highest BCUT2D eigenvalue weighted by molar-refractivity contribution is 6.76. The summed E-state index contributed by atoms with van der Waals surface area (Å²) >= 11 is 0. The molecular formula is C25H28F5N5O4Si. The maximum atomic E-state index is 14.9. The molecule has 1 aromatic carbocycles. The van der Waals surface area contributed by atoms with Gasteiger partial charge in [-0.15, -0.1) is 0 Å². The molecule has 1 saturated heterocycles. The van der Waals surface area contributed by atoms with Gasteiger partial charge in [-0.25, -0.2) is 18.6 Å². The zero-order valence-corrected chi connectivity index (χ0v) is 22.9. The molecule has 15 heteroatoms. The van der Waals surface area contributed by atoms with Crippen LogP contribution in [0.4, 0.5) is 32.4 Å². The monoisotopic (exact) mass is 585 g/mol. The van der Waals surface area contributed by atoms with E-state index in [0.717, 1.165) is 36.6 Å². The number of carbonyl (C=O) groups is 2.